The highest BCUT2D eigenvalue weighted by molar-refractivity contribution is 5.97. The number of aryl methyl sites for hydroxylation is 2. The number of nitrogens with one attached hydrogen (secondary N) is 1. The minimum Gasteiger partial charge on any atom is -0.480 e. The average molecular weight is 331 g/mol. The molecule has 3 aliphatic rings. The number of aromatic nitrogens is 1. The second kappa shape index (κ2) is 6.01. The first-order valence-corrected chi connectivity index (χ1v) is 8.76. The Morgan fingerprint density at radius 3 is 3.00 bits per heavy atom. The van der Waals surface area contributed by atoms with Crippen molar-refractivity contribution >= 4 is 5.91 Å². The minimum absolute atomic E-state index is 0.0868. The van der Waals surface area contributed by atoms with E-state index >= 15 is 0 Å². The molecule has 1 aliphatic heterocycles. The van der Waals surface area contributed by atoms with Crippen LogP contribution in [0.1, 0.15) is 34.5 Å². The summed E-state index contributed by atoms with van der Waals surface area (Å²) in [6.45, 7) is 0.787. The molecule has 6 heteroatoms. The van der Waals surface area contributed by atoms with Crippen molar-refractivity contribution in [3.8, 4) is 5.88 Å². The van der Waals surface area contributed by atoms with E-state index in [1.807, 2.05) is 20.2 Å². The predicted molar refractivity (Wildman–Crippen MR) is 89.4 cm³/mol. The van der Waals surface area contributed by atoms with Crippen LogP contribution in [0.15, 0.2) is 6.07 Å². The van der Waals surface area contributed by atoms with Crippen LogP contribution in [0.25, 0.3) is 0 Å². The summed E-state index contributed by atoms with van der Waals surface area (Å²) in [6.07, 6.45) is 4.32. The topological polar surface area (TPSA) is 63.7 Å². The lowest BCUT2D eigenvalue weighted by atomic mass is 9.71. The van der Waals surface area contributed by atoms with E-state index in [4.69, 9.17) is 9.47 Å². The molecule has 1 N–H and O–H groups in total. The van der Waals surface area contributed by atoms with Crippen LogP contribution in [-0.2, 0) is 17.6 Å². The predicted octanol–water partition coefficient (Wildman–Crippen LogP) is 1.03. The van der Waals surface area contributed by atoms with Crippen molar-refractivity contribution in [1.29, 1.82) is 0 Å². The second-order valence-electron chi connectivity index (χ2n) is 7.25. The van der Waals surface area contributed by atoms with Gasteiger partial charge in [0.2, 0.25) is 5.88 Å². The molecule has 1 saturated heterocycles. The average Bonchev–Trinajstić information content (AvgIpc) is 3.17. The van der Waals surface area contributed by atoms with Gasteiger partial charge in [-0.1, -0.05) is 0 Å². The summed E-state index contributed by atoms with van der Waals surface area (Å²) in [7, 11) is 5.66. The van der Waals surface area contributed by atoms with Crippen LogP contribution in [-0.4, -0.2) is 61.8 Å². The molecule has 130 valence electrons. The van der Waals surface area contributed by atoms with Crippen LogP contribution in [0.5, 0.6) is 5.88 Å². The van der Waals surface area contributed by atoms with Crippen LogP contribution in [0, 0.1) is 5.92 Å². The molecule has 2 fully saturated rings. The number of fused-ring (bicyclic) bond motifs is 2. The lowest BCUT2D eigenvalue weighted by Crippen LogP contribution is -2.69. The first-order chi connectivity index (χ1) is 11.6. The van der Waals surface area contributed by atoms with E-state index in [0.717, 1.165) is 38.0 Å². The van der Waals surface area contributed by atoms with Crippen molar-refractivity contribution in [2.75, 3.05) is 27.8 Å². The highest BCUT2D eigenvalue weighted by Crippen LogP contribution is 2.41. The van der Waals surface area contributed by atoms with Crippen molar-refractivity contribution in [3.05, 3.63) is 22.9 Å². The summed E-state index contributed by atoms with van der Waals surface area (Å²) >= 11 is 0. The molecule has 1 aromatic rings. The van der Waals surface area contributed by atoms with Crippen LogP contribution < -0.4 is 10.1 Å². The zero-order valence-electron chi connectivity index (χ0n) is 14.5. The van der Waals surface area contributed by atoms with E-state index in [1.165, 1.54) is 5.56 Å². The SMILES string of the molecule is COc1nc2c(cc1C(=O)N[C@H]1[C@H]3CCO[C@H]3[C@@H]1N(C)C)CCC2. The first kappa shape index (κ1) is 15.8. The highest BCUT2D eigenvalue weighted by atomic mass is 16.5. The molecule has 4 atom stereocenters. The van der Waals surface area contributed by atoms with Gasteiger partial charge in [-0.15, -0.1) is 0 Å². The van der Waals surface area contributed by atoms with Crippen molar-refractivity contribution in [2.45, 2.75) is 43.9 Å². The fraction of sp³-hybridized carbons (Fsp3) is 0.667. The molecule has 1 saturated carbocycles. The number of methoxy groups -OCH3 is 1. The molecule has 0 radical (unpaired) electrons. The zero-order valence-corrected chi connectivity index (χ0v) is 14.5. The number of ether oxygens (including phenoxy) is 2. The van der Waals surface area contributed by atoms with Crippen LogP contribution in [0.4, 0.5) is 0 Å². The lowest BCUT2D eigenvalue weighted by molar-refractivity contribution is -0.0664. The molecule has 2 heterocycles. The number of rotatable bonds is 4. The van der Waals surface area contributed by atoms with E-state index in [1.54, 1.807) is 7.11 Å². The monoisotopic (exact) mass is 331 g/mol. The highest BCUT2D eigenvalue weighted by Gasteiger charge is 2.55. The van der Waals surface area contributed by atoms with Crippen molar-refractivity contribution < 1.29 is 14.3 Å². The third-order valence-corrected chi connectivity index (χ3v) is 5.70. The summed E-state index contributed by atoms with van der Waals surface area (Å²) in [5.41, 5.74) is 2.81. The Labute approximate surface area is 142 Å². The smallest absolute Gasteiger partial charge is 0.257 e. The van der Waals surface area contributed by atoms with Gasteiger partial charge in [-0.25, -0.2) is 4.98 Å². The fourth-order valence-corrected chi connectivity index (χ4v) is 4.48. The van der Waals surface area contributed by atoms with Gasteiger partial charge in [-0.05, 0) is 51.4 Å². The van der Waals surface area contributed by atoms with Gasteiger partial charge in [-0.3, -0.25) is 4.79 Å². The van der Waals surface area contributed by atoms with Crippen molar-refractivity contribution in [3.63, 3.8) is 0 Å². The molecule has 0 spiro atoms. The van der Waals surface area contributed by atoms with Crippen LogP contribution in [0.2, 0.25) is 0 Å². The number of likely N-dealkylation sites (N-methyl/N-ethyl adjacent to an activating group) is 1. The van der Waals surface area contributed by atoms with E-state index in [0.29, 0.717) is 17.4 Å². The molecule has 0 unspecified atom stereocenters. The Morgan fingerprint density at radius 2 is 2.25 bits per heavy atom. The Balaban J connectivity index is 1.56. The van der Waals surface area contributed by atoms with E-state index in [2.05, 4.69) is 15.2 Å². The Hall–Kier alpha value is -1.66. The third-order valence-electron chi connectivity index (χ3n) is 5.70. The number of carbonyl (C=O) groups excluding carboxylic acids is 1. The van der Waals surface area contributed by atoms with Crippen LogP contribution in [0.3, 0.4) is 0 Å². The van der Waals surface area contributed by atoms with Gasteiger partial charge < -0.3 is 19.7 Å². The lowest BCUT2D eigenvalue weighted by Gasteiger charge is -2.50. The molecule has 2 aliphatic carbocycles. The first-order valence-electron chi connectivity index (χ1n) is 8.76. The number of hydrogen-bond donors (Lipinski definition) is 1. The normalized spacial score (nSPS) is 30.7. The van der Waals surface area contributed by atoms with E-state index in [9.17, 15) is 4.79 Å². The van der Waals surface area contributed by atoms with Gasteiger partial charge in [-0.2, -0.15) is 0 Å². The van der Waals surface area contributed by atoms with Gasteiger partial charge in [0.05, 0.1) is 25.3 Å². The van der Waals surface area contributed by atoms with Gasteiger partial charge >= 0.3 is 0 Å². The number of pyridine rings is 1. The maximum absolute atomic E-state index is 12.9. The standard InChI is InChI=1S/C18H25N3O3/c1-21(2)15-14(11-7-8-24-16(11)15)20-17(22)12-9-10-5-4-6-13(10)19-18(12)23-3/h9,11,14-16H,4-8H2,1-3H3,(H,20,22)/t11-,14+,15-,16-/m1/s1. The molecule has 0 aromatic carbocycles. The third kappa shape index (κ3) is 2.40. The molecular weight excluding hydrogens is 306 g/mol. The van der Waals surface area contributed by atoms with Gasteiger partial charge in [0.25, 0.3) is 5.91 Å². The summed E-state index contributed by atoms with van der Waals surface area (Å²) in [6, 6.07) is 2.32. The Bertz CT molecular complexity index is 661. The summed E-state index contributed by atoms with van der Waals surface area (Å²) < 4.78 is 11.2. The molecule has 6 nitrogen and oxygen atoms in total. The molecule has 1 amide bonds. The van der Waals surface area contributed by atoms with Crippen molar-refractivity contribution in [1.82, 2.24) is 15.2 Å². The summed E-state index contributed by atoms with van der Waals surface area (Å²) in [5.74, 6) is 0.763. The Morgan fingerprint density at radius 1 is 1.42 bits per heavy atom. The van der Waals surface area contributed by atoms with Gasteiger partial charge in [0.1, 0.15) is 5.56 Å². The number of nitrogens with zero attached hydrogens (tertiary/aromatic N) is 2. The molecule has 4 rings (SSSR count). The number of amides is 1. The minimum atomic E-state index is -0.0868. The van der Waals surface area contributed by atoms with Gasteiger partial charge in [0.15, 0.2) is 0 Å². The largest absolute Gasteiger partial charge is 0.480 e. The zero-order chi connectivity index (χ0) is 16.8. The molecular formula is C18H25N3O3. The summed E-state index contributed by atoms with van der Waals surface area (Å²) in [4.78, 5) is 19.6. The van der Waals surface area contributed by atoms with Gasteiger partial charge in [0, 0.05) is 18.2 Å². The van der Waals surface area contributed by atoms with Crippen LogP contribution >= 0.6 is 0 Å². The number of hydrogen-bond acceptors (Lipinski definition) is 5. The molecule has 24 heavy (non-hydrogen) atoms. The molecule has 1 aromatic heterocycles. The van der Waals surface area contributed by atoms with E-state index < -0.39 is 0 Å². The molecule has 0 bridgehead atoms. The maximum Gasteiger partial charge on any atom is 0.257 e. The van der Waals surface area contributed by atoms with E-state index in [-0.39, 0.29) is 24.1 Å². The number of carbonyl (C=O) groups is 1. The maximum atomic E-state index is 12.9. The van der Waals surface area contributed by atoms with Crippen molar-refractivity contribution in [2.24, 2.45) is 5.92 Å². The Kier molecular flexibility index (Phi) is 3.96. The summed E-state index contributed by atoms with van der Waals surface area (Å²) in [5, 5.41) is 3.22. The quantitative estimate of drug-likeness (QED) is 0.893. The second-order valence-corrected chi connectivity index (χ2v) is 7.25. The fourth-order valence-electron chi connectivity index (χ4n) is 4.48.